The molecule has 1 fully saturated rings. The SMILES string of the molecule is NC1(C(=O)NCc2ccc(Br)cc2)CCN(c2ncnc3[nH]ccc23)CC1. The largest absolute Gasteiger partial charge is 0.356 e. The van der Waals surface area contributed by atoms with Crippen LogP contribution < -0.4 is 16.0 Å². The molecule has 0 radical (unpaired) electrons. The van der Waals surface area contributed by atoms with E-state index in [-0.39, 0.29) is 5.91 Å². The highest BCUT2D eigenvalue weighted by Gasteiger charge is 2.38. The fraction of sp³-hybridized carbons (Fsp3) is 0.316. The summed E-state index contributed by atoms with van der Waals surface area (Å²) >= 11 is 3.41. The summed E-state index contributed by atoms with van der Waals surface area (Å²) in [6, 6.07) is 9.85. The maximum Gasteiger partial charge on any atom is 0.240 e. The number of anilines is 1. The highest BCUT2D eigenvalue weighted by molar-refractivity contribution is 9.10. The lowest BCUT2D eigenvalue weighted by atomic mass is 9.87. The van der Waals surface area contributed by atoms with Gasteiger partial charge in [-0.1, -0.05) is 28.1 Å². The average molecular weight is 429 g/mol. The Hall–Kier alpha value is -2.45. The zero-order chi connectivity index (χ0) is 18.9. The van der Waals surface area contributed by atoms with Crippen LogP contribution in [0.15, 0.2) is 47.3 Å². The molecule has 4 N–H and O–H groups in total. The molecule has 0 unspecified atom stereocenters. The van der Waals surface area contributed by atoms with Crippen LogP contribution in [-0.4, -0.2) is 39.5 Å². The van der Waals surface area contributed by atoms with Crippen LogP contribution in [0.1, 0.15) is 18.4 Å². The number of carbonyl (C=O) groups excluding carboxylic acids is 1. The van der Waals surface area contributed by atoms with Crippen molar-refractivity contribution in [2.24, 2.45) is 5.73 Å². The van der Waals surface area contributed by atoms with Gasteiger partial charge in [0.25, 0.3) is 0 Å². The molecule has 7 nitrogen and oxygen atoms in total. The lowest BCUT2D eigenvalue weighted by Gasteiger charge is -2.38. The number of nitrogens with one attached hydrogen (secondary N) is 2. The van der Waals surface area contributed by atoms with Crippen LogP contribution in [0.25, 0.3) is 11.0 Å². The summed E-state index contributed by atoms with van der Waals surface area (Å²) < 4.78 is 1.02. The van der Waals surface area contributed by atoms with E-state index in [1.807, 2.05) is 36.5 Å². The summed E-state index contributed by atoms with van der Waals surface area (Å²) in [6.45, 7) is 1.84. The van der Waals surface area contributed by atoms with Crippen molar-refractivity contribution >= 4 is 38.7 Å². The minimum Gasteiger partial charge on any atom is -0.356 e. The van der Waals surface area contributed by atoms with Crippen molar-refractivity contribution in [2.75, 3.05) is 18.0 Å². The van der Waals surface area contributed by atoms with Gasteiger partial charge in [-0.15, -0.1) is 0 Å². The molecule has 8 heteroatoms. The van der Waals surface area contributed by atoms with Gasteiger partial charge < -0.3 is 20.9 Å². The molecule has 1 aliphatic rings. The van der Waals surface area contributed by atoms with E-state index in [0.29, 0.717) is 32.5 Å². The van der Waals surface area contributed by atoms with Crippen LogP contribution in [0.3, 0.4) is 0 Å². The number of halogens is 1. The van der Waals surface area contributed by atoms with E-state index < -0.39 is 5.54 Å². The first-order chi connectivity index (χ1) is 13.0. The van der Waals surface area contributed by atoms with Gasteiger partial charge in [0.05, 0.1) is 10.9 Å². The molecule has 3 aromatic rings. The lowest BCUT2D eigenvalue weighted by Crippen LogP contribution is -2.59. The fourth-order valence-electron chi connectivity index (χ4n) is 3.42. The number of carbonyl (C=O) groups is 1. The molecule has 1 saturated heterocycles. The van der Waals surface area contributed by atoms with Gasteiger partial charge in [-0.25, -0.2) is 9.97 Å². The molecule has 1 aromatic carbocycles. The number of nitrogens with zero attached hydrogens (tertiary/aromatic N) is 3. The van der Waals surface area contributed by atoms with Crippen LogP contribution >= 0.6 is 15.9 Å². The number of aromatic amines is 1. The second-order valence-corrected chi connectivity index (χ2v) is 7.81. The quantitative estimate of drug-likeness (QED) is 0.591. The molecular formula is C19H21BrN6O. The van der Waals surface area contributed by atoms with Gasteiger partial charge in [0.15, 0.2) is 0 Å². The van der Waals surface area contributed by atoms with E-state index in [2.05, 4.69) is 41.1 Å². The maximum absolute atomic E-state index is 12.7. The molecule has 2 aromatic heterocycles. The molecule has 27 heavy (non-hydrogen) atoms. The van der Waals surface area contributed by atoms with Crippen molar-refractivity contribution in [2.45, 2.75) is 24.9 Å². The number of aromatic nitrogens is 3. The third kappa shape index (κ3) is 3.68. The molecular weight excluding hydrogens is 408 g/mol. The third-order valence-electron chi connectivity index (χ3n) is 5.11. The number of H-pyrrole nitrogens is 1. The maximum atomic E-state index is 12.7. The molecule has 3 heterocycles. The zero-order valence-electron chi connectivity index (χ0n) is 14.8. The smallest absolute Gasteiger partial charge is 0.240 e. The Kier molecular flexibility index (Phi) is 4.84. The van der Waals surface area contributed by atoms with E-state index in [1.54, 1.807) is 6.33 Å². The van der Waals surface area contributed by atoms with Gasteiger partial charge in [-0.3, -0.25) is 4.79 Å². The van der Waals surface area contributed by atoms with Crippen LogP contribution in [0, 0.1) is 0 Å². The Morgan fingerprint density at radius 3 is 2.70 bits per heavy atom. The first-order valence-electron chi connectivity index (χ1n) is 8.90. The first-order valence-corrected chi connectivity index (χ1v) is 9.69. The Morgan fingerprint density at radius 2 is 1.96 bits per heavy atom. The number of amides is 1. The number of fused-ring (bicyclic) bond motifs is 1. The first kappa shape index (κ1) is 17.9. The van der Waals surface area contributed by atoms with Crippen molar-refractivity contribution in [3.8, 4) is 0 Å². The molecule has 1 aliphatic heterocycles. The summed E-state index contributed by atoms with van der Waals surface area (Å²) in [6.07, 6.45) is 4.57. The molecule has 4 rings (SSSR count). The summed E-state index contributed by atoms with van der Waals surface area (Å²) in [4.78, 5) is 26.6. The minimum absolute atomic E-state index is 0.0976. The highest BCUT2D eigenvalue weighted by Crippen LogP contribution is 2.28. The Bertz CT molecular complexity index is 946. The molecule has 0 spiro atoms. The zero-order valence-corrected chi connectivity index (χ0v) is 16.4. The lowest BCUT2D eigenvalue weighted by molar-refractivity contribution is -0.127. The third-order valence-corrected chi connectivity index (χ3v) is 5.64. The Morgan fingerprint density at radius 1 is 1.22 bits per heavy atom. The van der Waals surface area contributed by atoms with Gasteiger partial charge in [-0.05, 0) is 36.6 Å². The van der Waals surface area contributed by atoms with Crippen molar-refractivity contribution < 1.29 is 4.79 Å². The van der Waals surface area contributed by atoms with Crippen molar-refractivity contribution in [1.29, 1.82) is 0 Å². The number of hydrogen-bond acceptors (Lipinski definition) is 5. The standard InChI is InChI=1S/C19H21BrN6O/c20-14-3-1-13(2-4-14)11-23-18(27)19(21)6-9-26(10-7-19)17-15-5-8-22-16(15)24-12-25-17/h1-5,8,12H,6-7,9-11,21H2,(H,23,27)(H,22,24,25). The van der Waals surface area contributed by atoms with Crippen molar-refractivity contribution in [3.63, 3.8) is 0 Å². The van der Waals surface area contributed by atoms with E-state index in [9.17, 15) is 4.79 Å². The normalized spacial score (nSPS) is 16.4. The number of piperidine rings is 1. The molecule has 0 atom stereocenters. The van der Waals surface area contributed by atoms with E-state index in [0.717, 1.165) is 26.9 Å². The van der Waals surface area contributed by atoms with E-state index in [1.165, 1.54) is 0 Å². The average Bonchev–Trinajstić information content (AvgIpc) is 3.17. The second kappa shape index (κ2) is 7.28. The second-order valence-electron chi connectivity index (χ2n) is 6.89. The topological polar surface area (TPSA) is 99.9 Å². The monoisotopic (exact) mass is 428 g/mol. The number of benzene rings is 1. The van der Waals surface area contributed by atoms with Gasteiger partial charge in [0.2, 0.25) is 5.91 Å². The van der Waals surface area contributed by atoms with Gasteiger partial charge in [-0.2, -0.15) is 0 Å². The van der Waals surface area contributed by atoms with E-state index in [4.69, 9.17) is 5.73 Å². The van der Waals surface area contributed by atoms with Crippen LogP contribution in [0.2, 0.25) is 0 Å². The van der Waals surface area contributed by atoms with Crippen molar-refractivity contribution in [3.05, 3.63) is 52.9 Å². The Balaban J connectivity index is 1.39. The number of rotatable bonds is 4. The number of nitrogens with two attached hydrogens (primary N) is 1. The van der Waals surface area contributed by atoms with Crippen LogP contribution in [0.4, 0.5) is 5.82 Å². The van der Waals surface area contributed by atoms with Crippen LogP contribution in [0.5, 0.6) is 0 Å². The van der Waals surface area contributed by atoms with Crippen LogP contribution in [-0.2, 0) is 11.3 Å². The summed E-state index contributed by atoms with van der Waals surface area (Å²) in [5, 5.41) is 3.97. The Labute approximate surface area is 165 Å². The predicted molar refractivity (Wildman–Crippen MR) is 108 cm³/mol. The van der Waals surface area contributed by atoms with Crippen molar-refractivity contribution in [1.82, 2.24) is 20.3 Å². The molecule has 140 valence electrons. The molecule has 0 saturated carbocycles. The summed E-state index contributed by atoms with van der Waals surface area (Å²) in [5.74, 6) is 0.790. The molecule has 0 aliphatic carbocycles. The fourth-order valence-corrected chi connectivity index (χ4v) is 3.68. The number of hydrogen-bond donors (Lipinski definition) is 3. The van der Waals surface area contributed by atoms with Gasteiger partial charge in [0, 0.05) is 30.3 Å². The predicted octanol–water partition coefficient (Wildman–Crippen LogP) is 2.33. The van der Waals surface area contributed by atoms with E-state index >= 15 is 0 Å². The minimum atomic E-state index is -0.851. The molecule has 0 bridgehead atoms. The summed E-state index contributed by atoms with van der Waals surface area (Å²) in [5.41, 5.74) is 7.45. The van der Waals surface area contributed by atoms with Gasteiger partial charge >= 0.3 is 0 Å². The summed E-state index contributed by atoms with van der Waals surface area (Å²) in [7, 11) is 0. The molecule has 1 amide bonds. The van der Waals surface area contributed by atoms with Gasteiger partial charge in [0.1, 0.15) is 17.8 Å². The highest BCUT2D eigenvalue weighted by atomic mass is 79.9.